The number of carboxylic acids is 1. The summed E-state index contributed by atoms with van der Waals surface area (Å²) in [7, 11) is 0. The van der Waals surface area contributed by atoms with E-state index in [0.717, 1.165) is 83.5 Å². The van der Waals surface area contributed by atoms with Crippen molar-refractivity contribution in [1.29, 1.82) is 0 Å². The minimum atomic E-state index is -0.996. The molecule has 2 aliphatic rings. The Kier molecular flexibility index (Phi) is 27.4. The molecule has 0 radical (unpaired) electrons. The quantitative estimate of drug-likeness (QED) is 0.0725. The number of carbonyl (C=O) groups excluding carboxylic acids is 5. The number of esters is 5. The third kappa shape index (κ3) is 29.7. The van der Waals surface area contributed by atoms with Crippen molar-refractivity contribution in [2.45, 2.75) is 207 Å². The summed E-state index contributed by atoms with van der Waals surface area (Å²) < 4.78 is 26.8. The molecule has 2 rings (SSSR count). The van der Waals surface area contributed by atoms with Crippen LogP contribution in [0.15, 0.2) is 0 Å². The van der Waals surface area contributed by atoms with Gasteiger partial charge in [-0.3, -0.25) is 28.8 Å². The molecular weight excluding hydrogens is 712 g/mol. The molecule has 2 aliphatic carbocycles. The number of unbranched alkanes of at least 4 members (excludes halogenated alkanes) is 2. The zero-order valence-corrected chi connectivity index (χ0v) is 35.3. The standard InChI is InChI=1S/C21H36O6.C17H28O6.C4H10O/c1-5-6-14-25-18(22)13-12-16(15-19(23)27-21(2,3)4)20(24)26-17-10-8-7-9-11-17;1-17(2,3)23-15(20)11-12(9-10-14(18)19)16(21)22-13-7-5-4-6-8-13;1-2-3-4-5/h16-17H,5-15H2,1-4H3;12-13H,4-11H2,1-3H3,(H,18,19);5H,2-4H2,1H3/t16-;12-;/m11./s1. The van der Waals surface area contributed by atoms with Gasteiger partial charge in [0.15, 0.2) is 0 Å². The summed E-state index contributed by atoms with van der Waals surface area (Å²) in [6.45, 7) is 15.4. The third-order valence-corrected chi connectivity index (χ3v) is 8.68. The van der Waals surface area contributed by atoms with Gasteiger partial charge in [-0.2, -0.15) is 0 Å². The number of aliphatic carboxylic acids is 1. The predicted octanol–water partition coefficient (Wildman–Crippen LogP) is 8.19. The van der Waals surface area contributed by atoms with E-state index in [2.05, 4.69) is 6.92 Å². The van der Waals surface area contributed by atoms with E-state index < -0.39 is 52.9 Å². The topological polar surface area (TPSA) is 189 Å². The Morgan fingerprint density at radius 2 is 1.00 bits per heavy atom. The number of hydrogen-bond donors (Lipinski definition) is 2. The summed E-state index contributed by atoms with van der Waals surface area (Å²) in [6.07, 6.45) is 13.5. The van der Waals surface area contributed by atoms with Crippen molar-refractivity contribution in [3.05, 3.63) is 0 Å². The molecular formula is C42H74O13. The van der Waals surface area contributed by atoms with E-state index in [4.69, 9.17) is 33.9 Å². The molecule has 0 aliphatic heterocycles. The van der Waals surface area contributed by atoms with Gasteiger partial charge in [0, 0.05) is 19.4 Å². The summed E-state index contributed by atoms with van der Waals surface area (Å²) in [6, 6.07) is 0. The maximum Gasteiger partial charge on any atom is 0.309 e. The van der Waals surface area contributed by atoms with Gasteiger partial charge >= 0.3 is 35.8 Å². The van der Waals surface area contributed by atoms with Crippen LogP contribution < -0.4 is 0 Å². The molecule has 2 atom stereocenters. The first-order valence-electron chi connectivity index (χ1n) is 20.6. The van der Waals surface area contributed by atoms with E-state index >= 15 is 0 Å². The number of rotatable bonds is 19. The van der Waals surface area contributed by atoms with Crippen LogP contribution in [-0.2, 0) is 52.5 Å². The molecule has 2 fully saturated rings. The fourth-order valence-electron chi connectivity index (χ4n) is 5.81. The molecule has 0 spiro atoms. The summed E-state index contributed by atoms with van der Waals surface area (Å²) in [4.78, 5) is 71.6. The van der Waals surface area contributed by atoms with Crippen molar-refractivity contribution in [2.75, 3.05) is 13.2 Å². The van der Waals surface area contributed by atoms with Crippen LogP contribution in [-0.4, -0.2) is 82.7 Å². The van der Waals surface area contributed by atoms with Crippen LogP contribution in [0.25, 0.3) is 0 Å². The maximum absolute atomic E-state index is 12.6. The van der Waals surface area contributed by atoms with Gasteiger partial charge in [0.25, 0.3) is 0 Å². The zero-order chi connectivity index (χ0) is 41.9. The van der Waals surface area contributed by atoms with Crippen molar-refractivity contribution >= 4 is 35.8 Å². The van der Waals surface area contributed by atoms with Gasteiger partial charge in [-0.05, 0) is 119 Å². The number of hydrogen-bond acceptors (Lipinski definition) is 12. The van der Waals surface area contributed by atoms with Crippen molar-refractivity contribution in [1.82, 2.24) is 0 Å². The van der Waals surface area contributed by atoms with Crippen molar-refractivity contribution in [3.8, 4) is 0 Å². The average Bonchev–Trinajstić information content (AvgIpc) is 3.08. The first-order chi connectivity index (χ1) is 25.8. The molecule has 0 heterocycles. The highest BCUT2D eigenvalue weighted by molar-refractivity contribution is 5.81. The van der Waals surface area contributed by atoms with Gasteiger partial charge in [0.05, 0.1) is 31.3 Å². The van der Waals surface area contributed by atoms with E-state index in [1.807, 2.05) is 6.92 Å². The lowest BCUT2D eigenvalue weighted by Crippen LogP contribution is -2.31. The van der Waals surface area contributed by atoms with Gasteiger partial charge in [-0.1, -0.05) is 39.5 Å². The highest BCUT2D eigenvalue weighted by Gasteiger charge is 2.31. The molecule has 13 heteroatoms. The predicted molar refractivity (Wildman–Crippen MR) is 208 cm³/mol. The van der Waals surface area contributed by atoms with Crippen LogP contribution in [0, 0.1) is 11.8 Å². The molecule has 320 valence electrons. The second-order valence-electron chi connectivity index (χ2n) is 16.5. The Balaban J connectivity index is 0.000000952. The van der Waals surface area contributed by atoms with Gasteiger partial charge < -0.3 is 33.9 Å². The first-order valence-corrected chi connectivity index (χ1v) is 20.6. The maximum atomic E-state index is 12.6. The highest BCUT2D eigenvalue weighted by atomic mass is 16.6. The molecule has 0 aromatic rings. The number of ether oxygens (including phenoxy) is 5. The molecule has 0 amide bonds. The molecule has 2 N–H and O–H groups in total. The van der Waals surface area contributed by atoms with Crippen molar-refractivity contribution in [3.63, 3.8) is 0 Å². The molecule has 0 saturated heterocycles. The smallest absolute Gasteiger partial charge is 0.309 e. The van der Waals surface area contributed by atoms with Gasteiger partial charge in [-0.25, -0.2) is 0 Å². The van der Waals surface area contributed by atoms with E-state index in [1.54, 1.807) is 41.5 Å². The number of aliphatic hydroxyl groups excluding tert-OH is 1. The van der Waals surface area contributed by atoms with E-state index in [1.165, 1.54) is 6.42 Å². The van der Waals surface area contributed by atoms with Crippen LogP contribution in [0.2, 0.25) is 0 Å². The Morgan fingerprint density at radius 1 is 0.600 bits per heavy atom. The molecule has 55 heavy (non-hydrogen) atoms. The largest absolute Gasteiger partial charge is 0.481 e. The van der Waals surface area contributed by atoms with Crippen LogP contribution in [0.3, 0.4) is 0 Å². The molecule has 13 nitrogen and oxygen atoms in total. The van der Waals surface area contributed by atoms with Gasteiger partial charge in [-0.15, -0.1) is 0 Å². The summed E-state index contributed by atoms with van der Waals surface area (Å²) in [5.74, 6) is -4.63. The molecule has 0 unspecified atom stereocenters. The number of carbonyl (C=O) groups is 6. The van der Waals surface area contributed by atoms with E-state index in [0.29, 0.717) is 13.2 Å². The van der Waals surface area contributed by atoms with Crippen molar-refractivity contribution in [2.24, 2.45) is 11.8 Å². The summed E-state index contributed by atoms with van der Waals surface area (Å²) >= 11 is 0. The fraction of sp³-hybridized carbons (Fsp3) is 0.857. The Hall–Kier alpha value is -3.22. The lowest BCUT2D eigenvalue weighted by molar-refractivity contribution is -0.165. The fourth-order valence-corrected chi connectivity index (χ4v) is 5.81. The minimum absolute atomic E-state index is 0.0783. The Morgan fingerprint density at radius 3 is 1.33 bits per heavy atom. The third-order valence-electron chi connectivity index (χ3n) is 8.68. The van der Waals surface area contributed by atoms with Crippen LogP contribution >= 0.6 is 0 Å². The Bertz CT molecular complexity index is 1110. The van der Waals surface area contributed by atoms with Crippen LogP contribution in [0.5, 0.6) is 0 Å². The first kappa shape index (κ1) is 51.8. The zero-order valence-electron chi connectivity index (χ0n) is 35.3. The minimum Gasteiger partial charge on any atom is -0.481 e. The SMILES string of the molecule is CC(C)(C)OC(=O)C[C@@H](CCC(=O)O)C(=O)OC1CCCCC1.CCCCO.CCCCOC(=O)CC[C@H](CC(=O)OC(C)(C)C)C(=O)OC1CCCCC1. The molecule has 0 bridgehead atoms. The summed E-state index contributed by atoms with van der Waals surface area (Å²) in [5.41, 5.74) is -1.25. The van der Waals surface area contributed by atoms with Crippen LogP contribution in [0.4, 0.5) is 0 Å². The monoisotopic (exact) mass is 787 g/mol. The van der Waals surface area contributed by atoms with Gasteiger partial charge in [0.1, 0.15) is 23.4 Å². The molecule has 2 saturated carbocycles. The Labute approximate surface area is 330 Å². The van der Waals surface area contributed by atoms with E-state index in [-0.39, 0.29) is 56.7 Å². The van der Waals surface area contributed by atoms with Crippen LogP contribution in [0.1, 0.15) is 184 Å². The van der Waals surface area contributed by atoms with Crippen molar-refractivity contribution < 1.29 is 62.7 Å². The lowest BCUT2D eigenvalue weighted by Gasteiger charge is -2.25. The highest BCUT2D eigenvalue weighted by Crippen LogP contribution is 2.26. The number of aliphatic hydroxyl groups is 1. The van der Waals surface area contributed by atoms with Gasteiger partial charge in [0.2, 0.25) is 0 Å². The average molecular weight is 787 g/mol. The normalized spacial score (nSPS) is 16.1. The summed E-state index contributed by atoms with van der Waals surface area (Å²) in [5, 5.41) is 16.9. The lowest BCUT2D eigenvalue weighted by atomic mass is 9.96. The second kappa shape index (κ2) is 29.1. The molecule has 0 aromatic heterocycles. The number of carboxylic acid groups (broad SMARTS) is 1. The van der Waals surface area contributed by atoms with E-state index in [9.17, 15) is 28.8 Å². The second-order valence-corrected chi connectivity index (χ2v) is 16.5. The molecule has 0 aromatic carbocycles.